The van der Waals surface area contributed by atoms with Crippen LogP contribution in [0, 0.1) is 0 Å². The Bertz CT molecular complexity index is 775. The van der Waals surface area contributed by atoms with Gasteiger partial charge in [0.15, 0.2) is 0 Å². The summed E-state index contributed by atoms with van der Waals surface area (Å²) in [5, 5.41) is 10.3. The first kappa shape index (κ1) is 13.8. The lowest BCUT2D eigenvalue weighted by atomic mass is 10.1. The minimum absolute atomic E-state index is 0.0544. The Labute approximate surface area is 127 Å². The molecule has 0 fully saturated rings. The third kappa shape index (κ3) is 2.69. The quantitative estimate of drug-likeness (QED) is 0.802. The van der Waals surface area contributed by atoms with Crippen molar-refractivity contribution in [2.45, 2.75) is 19.9 Å². The van der Waals surface area contributed by atoms with Crippen LogP contribution in [0.1, 0.15) is 28.7 Å². The van der Waals surface area contributed by atoms with E-state index in [1.807, 2.05) is 32.2 Å². The Morgan fingerprint density at radius 3 is 2.95 bits per heavy atom. The molecule has 0 saturated heterocycles. The fraction of sp³-hybridized carbons (Fsp3) is 0.250. The summed E-state index contributed by atoms with van der Waals surface area (Å²) in [6.45, 7) is 2.63. The molecule has 0 radical (unpaired) electrons. The molecule has 0 aliphatic heterocycles. The number of thiophene rings is 1. The van der Waals surface area contributed by atoms with Crippen LogP contribution in [0.4, 0.5) is 0 Å². The maximum Gasteiger partial charge on any atom is 0.274 e. The normalized spacial score (nSPS) is 11.0. The van der Waals surface area contributed by atoms with Gasteiger partial charge in [-0.3, -0.25) is 9.89 Å². The average Bonchev–Trinajstić information content (AvgIpc) is 3.14. The molecule has 108 valence electrons. The van der Waals surface area contributed by atoms with E-state index in [0.717, 1.165) is 12.1 Å². The predicted octanol–water partition coefficient (Wildman–Crippen LogP) is 3.46. The van der Waals surface area contributed by atoms with Gasteiger partial charge in [0, 0.05) is 24.0 Å². The minimum atomic E-state index is -0.0544. The standard InChI is InChI=1S/C16H17N3OS/c1-3-12-8-14(18-17-12)16(20)19(2)9-11-10-21-15-7-5-4-6-13(11)15/h4-8,10H,3,9H2,1-2H3,(H,17,18). The third-order valence-electron chi connectivity index (χ3n) is 3.55. The molecule has 1 aromatic carbocycles. The SMILES string of the molecule is CCc1cc(C(=O)N(C)Cc2csc3ccccc23)n[nH]1. The number of hydrogen-bond acceptors (Lipinski definition) is 3. The highest BCUT2D eigenvalue weighted by atomic mass is 32.1. The zero-order valence-electron chi connectivity index (χ0n) is 12.1. The molecule has 0 aliphatic carbocycles. The molecular formula is C16H17N3OS. The highest BCUT2D eigenvalue weighted by molar-refractivity contribution is 7.17. The molecule has 3 aromatic rings. The summed E-state index contributed by atoms with van der Waals surface area (Å²) in [7, 11) is 1.81. The van der Waals surface area contributed by atoms with Gasteiger partial charge in [-0.05, 0) is 34.9 Å². The summed E-state index contributed by atoms with van der Waals surface area (Å²) in [5.74, 6) is -0.0544. The smallest absolute Gasteiger partial charge is 0.274 e. The van der Waals surface area contributed by atoms with Gasteiger partial charge in [-0.1, -0.05) is 25.1 Å². The van der Waals surface area contributed by atoms with Crippen LogP contribution in [0.5, 0.6) is 0 Å². The lowest BCUT2D eigenvalue weighted by Crippen LogP contribution is -2.26. The second-order valence-corrected chi connectivity index (χ2v) is 5.96. The first-order valence-corrected chi connectivity index (χ1v) is 7.82. The molecule has 1 N–H and O–H groups in total. The van der Waals surface area contributed by atoms with Gasteiger partial charge in [0.25, 0.3) is 5.91 Å². The van der Waals surface area contributed by atoms with Crippen LogP contribution in [-0.2, 0) is 13.0 Å². The van der Waals surface area contributed by atoms with E-state index in [4.69, 9.17) is 0 Å². The van der Waals surface area contributed by atoms with Crippen molar-refractivity contribution in [1.82, 2.24) is 15.1 Å². The van der Waals surface area contributed by atoms with Crippen molar-refractivity contribution in [1.29, 1.82) is 0 Å². The Hall–Kier alpha value is -2.14. The van der Waals surface area contributed by atoms with Crippen LogP contribution in [0.25, 0.3) is 10.1 Å². The highest BCUT2D eigenvalue weighted by Gasteiger charge is 2.16. The summed E-state index contributed by atoms with van der Waals surface area (Å²) in [6.07, 6.45) is 0.846. The van der Waals surface area contributed by atoms with E-state index in [1.54, 1.807) is 16.2 Å². The Morgan fingerprint density at radius 2 is 2.19 bits per heavy atom. The summed E-state index contributed by atoms with van der Waals surface area (Å²) in [4.78, 5) is 14.1. The molecule has 4 nitrogen and oxygen atoms in total. The number of nitrogens with one attached hydrogen (secondary N) is 1. The first-order chi connectivity index (χ1) is 10.2. The largest absolute Gasteiger partial charge is 0.336 e. The highest BCUT2D eigenvalue weighted by Crippen LogP contribution is 2.26. The van der Waals surface area contributed by atoms with Crippen LogP contribution >= 0.6 is 11.3 Å². The molecule has 0 spiro atoms. The summed E-state index contributed by atoms with van der Waals surface area (Å²) in [6, 6.07) is 10.1. The van der Waals surface area contributed by atoms with E-state index >= 15 is 0 Å². The average molecular weight is 299 g/mol. The van der Waals surface area contributed by atoms with Gasteiger partial charge < -0.3 is 4.90 Å². The van der Waals surface area contributed by atoms with Gasteiger partial charge in [-0.25, -0.2) is 0 Å². The van der Waals surface area contributed by atoms with Crippen molar-refractivity contribution in [2.24, 2.45) is 0 Å². The van der Waals surface area contributed by atoms with Crippen molar-refractivity contribution < 1.29 is 4.79 Å². The van der Waals surface area contributed by atoms with Crippen molar-refractivity contribution in [3.05, 3.63) is 52.7 Å². The number of amides is 1. The number of nitrogens with zero attached hydrogens (tertiary/aromatic N) is 2. The van der Waals surface area contributed by atoms with E-state index < -0.39 is 0 Å². The number of hydrogen-bond donors (Lipinski definition) is 1. The first-order valence-electron chi connectivity index (χ1n) is 6.94. The maximum absolute atomic E-state index is 12.4. The Morgan fingerprint density at radius 1 is 1.38 bits per heavy atom. The Kier molecular flexibility index (Phi) is 3.75. The summed E-state index contributed by atoms with van der Waals surface area (Å²) in [5.41, 5.74) is 2.64. The van der Waals surface area contributed by atoms with Gasteiger partial charge in [0.05, 0.1) is 0 Å². The second kappa shape index (κ2) is 5.69. The molecule has 21 heavy (non-hydrogen) atoms. The van der Waals surface area contributed by atoms with Crippen molar-refractivity contribution >= 4 is 27.3 Å². The molecule has 1 amide bonds. The monoisotopic (exact) mass is 299 g/mol. The van der Waals surface area contributed by atoms with Crippen LogP contribution in [0.2, 0.25) is 0 Å². The number of benzene rings is 1. The number of H-pyrrole nitrogens is 1. The van der Waals surface area contributed by atoms with Gasteiger partial charge in [-0.2, -0.15) is 5.10 Å². The van der Waals surface area contributed by atoms with Crippen molar-refractivity contribution in [2.75, 3.05) is 7.05 Å². The third-order valence-corrected chi connectivity index (χ3v) is 4.56. The van der Waals surface area contributed by atoms with E-state index in [2.05, 4.69) is 27.7 Å². The number of fused-ring (bicyclic) bond motifs is 1. The minimum Gasteiger partial charge on any atom is -0.336 e. The van der Waals surface area contributed by atoms with Crippen LogP contribution < -0.4 is 0 Å². The number of aromatic nitrogens is 2. The number of carbonyl (C=O) groups is 1. The molecule has 2 aromatic heterocycles. The van der Waals surface area contributed by atoms with Crippen LogP contribution in [-0.4, -0.2) is 28.1 Å². The zero-order chi connectivity index (χ0) is 14.8. The molecule has 0 bridgehead atoms. The molecule has 3 rings (SSSR count). The number of aryl methyl sites for hydroxylation is 1. The van der Waals surface area contributed by atoms with E-state index in [1.165, 1.54) is 15.6 Å². The molecule has 2 heterocycles. The molecule has 0 atom stereocenters. The Balaban J connectivity index is 1.79. The fourth-order valence-corrected chi connectivity index (χ4v) is 3.28. The second-order valence-electron chi connectivity index (χ2n) is 5.05. The number of rotatable bonds is 4. The van der Waals surface area contributed by atoms with Crippen molar-refractivity contribution in [3.8, 4) is 0 Å². The maximum atomic E-state index is 12.4. The van der Waals surface area contributed by atoms with Gasteiger partial charge in [0.1, 0.15) is 5.69 Å². The van der Waals surface area contributed by atoms with Crippen LogP contribution in [0.3, 0.4) is 0 Å². The van der Waals surface area contributed by atoms with Crippen molar-refractivity contribution in [3.63, 3.8) is 0 Å². The molecule has 5 heteroatoms. The molecular weight excluding hydrogens is 282 g/mol. The van der Waals surface area contributed by atoms with E-state index in [9.17, 15) is 4.79 Å². The van der Waals surface area contributed by atoms with E-state index in [0.29, 0.717) is 12.2 Å². The van der Waals surface area contributed by atoms with Crippen LogP contribution in [0.15, 0.2) is 35.7 Å². The zero-order valence-corrected chi connectivity index (χ0v) is 12.9. The van der Waals surface area contributed by atoms with Gasteiger partial charge >= 0.3 is 0 Å². The summed E-state index contributed by atoms with van der Waals surface area (Å²) < 4.78 is 1.25. The summed E-state index contributed by atoms with van der Waals surface area (Å²) >= 11 is 1.71. The lowest BCUT2D eigenvalue weighted by Gasteiger charge is -2.15. The lowest BCUT2D eigenvalue weighted by molar-refractivity contribution is 0.0780. The molecule has 0 aliphatic rings. The van der Waals surface area contributed by atoms with Gasteiger partial charge in [0.2, 0.25) is 0 Å². The number of carbonyl (C=O) groups excluding carboxylic acids is 1. The van der Waals surface area contributed by atoms with E-state index in [-0.39, 0.29) is 5.91 Å². The van der Waals surface area contributed by atoms with Gasteiger partial charge in [-0.15, -0.1) is 11.3 Å². The molecule has 0 unspecified atom stereocenters. The number of aromatic amines is 1. The molecule has 0 saturated carbocycles. The topological polar surface area (TPSA) is 49.0 Å². The fourth-order valence-electron chi connectivity index (χ4n) is 2.33. The predicted molar refractivity (Wildman–Crippen MR) is 85.6 cm³/mol.